The summed E-state index contributed by atoms with van der Waals surface area (Å²) in [5.41, 5.74) is 0.322. The fraction of sp³-hybridized carbons (Fsp3) is 0.182. The Labute approximate surface area is 182 Å². The topological polar surface area (TPSA) is 133 Å². The third kappa shape index (κ3) is 4.76. The number of fused-ring (bicyclic) bond motifs is 1. The van der Waals surface area contributed by atoms with E-state index in [1.165, 1.54) is 30.3 Å². The summed E-state index contributed by atoms with van der Waals surface area (Å²) in [6, 6.07) is 11.8. The second kappa shape index (κ2) is 9.75. The first kappa shape index (κ1) is 22.5. The Kier molecular flexibility index (Phi) is 6.86. The van der Waals surface area contributed by atoms with Crippen molar-refractivity contribution in [2.45, 2.75) is 0 Å². The molecule has 0 atom stereocenters. The number of nitro groups is 1. The highest BCUT2D eigenvalue weighted by Crippen LogP contribution is 2.22. The zero-order chi connectivity index (χ0) is 23.3. The molecule has 1 aliphatic heterocycles. The molecule has 0 fully saturated rings. The van der Waals surface area contributed by atoms with Crippen molar-refractivity contribution in [3.8, 4) is 0 Å². The van der Waals surface area contributed by atoms with Gasteiger partial charge in [-0.25, -0.2) is 4.79 Å². The molecule has 0 spiro atoms. The normalized spacial score (nSPS) is 13.2. The third-order valence-electron chi connectivity index (χ3n) is 4.67. The molecule has 0 N–H and O–H groups in total. The maximum absolute atomic E-state index is 12.5. The van der Waals surface area contributed by atoms with E-state index in [0.717, 1.165) is 12.0 Å². The zero-order valence-electron chi connectivity index (χ0n) is 17.0. The Morgan fingerprint density at radius 1 is 1.06 bits per heavy atom. The molecule has 10 heteroatoms. The van der Waals surface area contributed by atoms with Crippen LogP contribution >= 0.6 is 0 Å². The molecule has 0 bridgehead atoms. The molecule has 2 amide bonds. The number of ketones is 1. The lowest BCUT2D eigenvalue weighted by atomic mass is 10.1. The minimum Gasteiger partial charge on any atom is -0.465 e. The van der Waals surface area contributed by atoms with Gasteiger partial charge in [0.25, 0.3) is 17.5 Å². The van der Waals surface area contributed by atoms with Crippen molar-refractivity contribution in [3.05, 3.63) is 80.9 Å². The maximum atomic E-state index is 12.5. The molecule has 0 aromatic heterocycles. The van der Waals surface area contributed by atoms with Crippen LogP contribution in [0.2, 0.25) is 0 Å². The van der Waals surface area contributed by atoms with Gasteiger partial charge in [0.05, 0.1) is 36.3 Å². The summed E-state index contributed by atoms with van der Waals surface area (Å²) in [5, 5.41) is 10.9. The molecule has 0 saturated heterocycles. The number of benzene rings is 2. The second-order valence-electron chi connectivity index (χ2n) is 6.68. The van der Waals surface area contributed by atoms with Crippen LogP contribution in [0, 0.1) is 10.1 Å². The van der Waals surface area contributed by atoms with Gasteiger partial charge in [-0.15, -0.1) is 0 Å². The van der Waals surface area contributed by atoms with E-state index in [1.54, 1.807) is 24.3 Å². The predicted octanol–water partition coefficient (Wildman–Crippen LogP) is 2.03. The smallest absolute Gasteiger partial charge is 0.341 e. The standard InChI is InChI=1S/C22H18N2O8/c1-31-22(28)18(12-14-5-4-6-15(11-14)24(29)30)19(25)13-32-10-9-23-20(26)16-7-2-3-8-17(16)21(23)27/h2-8,11-12H,9-10,13H2,1H3/b18-12-. The van der Waals surface area contributed by atoms with Gasteiger partial charge < -0.3 is 9.47 Å². The van der Waals surface area contributed by atoms with E-state index in [0.29, 0.717) is 11.1 Å². The van der Waals surface area contributed by atoms with Crippen LogP contribution in [0.1, 0.15) is 26.3 Å². The van der Waals surface area contributed by atoms with Gasteiger partial charge in [-0.05, 0) is 23.8 Å². The van der Waals surface area contributed by atoms with Crippen molar-refractivity contribution >= 4 is 35.3 Å². The van der Waals surface area contributed by atoms with Gasteiger partial charge >= 0.3 is 5.97 Å². The van der Waals surface area contributed by atoms with E-state index in [9.17, 15) is 29.3 Å². The van der Waals surface area contributed by atoms with Gasteiger partial charge in [0, 0.05) is 12.1 Å². The number of nitrogens with zero attached hydrogens (tertiary/aromatic N) is 2. The first-order chi connectivity index (χ1) is 15.3. The zero-order valence-corrected chi connectivity index (χ0v) is 17.0. The molecule has 1 heterocycles. The average Bonchev–Trinajstić information content (AvgIpc) is 3.04. The number of carbonyl (C=O) groups is 4. The SMILES string of the molecule is COC(=O)/C(=C\c1cccc([N+](=O)[O-])c1)C(=O)COCCN1C(=O)c2ccccc2C1=O. The molecule has 0 aliphatic carbocycles. The number of hydrogen-bond donors (Lipinski definition) is 0. The van der Waals surface area contributed by atoms with E-state index in [2.05, 4.69) is 4.74 Å². The molecule has 164 valence electrons. The summed E-state index contributed by atoms with van der Waals surface area (Å²) in [4.78, 5) is 60.5. The Morgan fingerprint density at radius 2 is 1.72 bits per heavy atom. The highest BCUT2D eigenvalue weighted by Gasteiger charge is 2.34. The van der Waals surface area contributed by atoms with Crippen molar-refractivity contribution < 1.29 is 33.6 Å². The van der Waals surface area contributed by atoms with Gasteiger partial charge in [-0.3, -0.25) is 29.4 Å². The highest BCUT2D eigenvalue weighted by atomic mass is 16.6. The van der Waals surface area contributed by atoms with E-state index in [4.69, 9.17) is 4.74 Å². The van der Waals surface area contributed by atoms with Gasteiger partial charge in [0.2, 0.25) is 0 Å². The first-order valence-corrected chi connectivity index (χ1v) is 9.44. The predicted molar refractivity (Wildman–Crippen MR) is 111 cm³/mol. The lowest BCUT2D eigenvalue weighted by Crippen LogP contribution is -2.33. The van der Waals surface area contributed by atoms with Crippen molar-refractivity contribution in [2.75, 3.05) is 26.9 Å². The number of ether oxygens (including phenoxy) is 2. The number of esters is 1. The van der Waals surface area contributed by atoms with Crippen molar-refractivity contribution in [2.24, 2.45) is 0 Å². The van der Waals surface area contributed by atoms with E-state index < -0.39 is 35.1 Å². The lowest BCUT2D eigenvalue weighted by Gasteiger charge is -2.13. The second-order valence-corrected chi connectivity index (χ2v) is 6.68. The fourth-order valence-electron chi connectivity index (χ4n) is 3.10. The van der Waals surface area contributed by atoms with Gasteiger partial charge in [-0.2, -0.15) is 0 Å². The van der Waals surface area contributed by atoms with E-state index in [-0.39, 0.29) is 30.0 Å². The lowest BCUT2D eigenvalue weighted by molar-refractivity contribution is -0.384. The molecular weight excluding hydrogens is 420 g/mol. The van der Waals surface area contributed by atoms with Crippen LogP contribution in [0.5, 0.6) is 0 Å². The summed E-state index contributed by atoms with van der Waals surface area (Å²) >= 11 is 0. The molecule has 0 saturated carbocycles. The van der Waals surface area contributed by atoms with Crippen LogP contribution in [0.15, 0.2) is 54.1 Å². The van der Waals surface area contributed by atoms with Crippen LogP contribution in [0.25, 0.3) is 6.08 Å². The monoisotopic (exact) mass is 438 g/mol. The van der Waals surface area contributed by atoms with Gasteiger partial charge in [-0.1, -0.05) is 24.3 Å². The number of imide groups is 1. The summed E-state index contributed by atoms with van der Waals surface area (Å²) in [7, 11) is 1.10. The molecule has 2 aromatic carbocycles. The molecule has 32 heavy (non-hydrogen) atoms. The quantitative estimate of drug-likeness (QED) is 0.0849. The Hall–Kier alpha value is -4.18. The van der Waals surface area contributed by atoms with Crippen molar-refractivity contribution in [1.29, 1.82) is 0 Å². The van der Waals surface area contributed by atoms with Crippen LogP contribution < -0.4 is 0 Å². The van der Waals surface area contributed by atoms with E-state index >= 15 is 0 Å². The summed E-state index contributed by atoms with van der Waals surface area (Å²) in [6.45, 7) is -0.705. The highest BCUT2D eigenvalue weighted by molar-refractivity contribution is 6.22. The van der Waals surface area contributed by atoms with Gasteiger partial charge in [0.15, 0.2) is 5.78 Å². The van der Waals surface area contributed by atoms with Crippen LogP contribution in [-0.4, -0.2) is 60.3 Å². The minimum absolute atomic E-state index is 0.0677. The van der Waals surface area contributed by atoms with Crippen LogP contribution in [0.3, 0.4) is 0 Å². The molecule has 10 nitrogen and oxygen atoms in total. The summed E-state index contributed by atoms with van der Waals surface area (Å²) in [6.07, 6.45) is 1.18. The summed E-state index contributed by atoms with van der Waals surface area (Å²) in [5.74, 6) is -2.53. The summed E-state index contributed by atoms with van der Waals surface area (Å²) < 4.78 is 9.90. The Balaban J connectivity index is 1.62. The molecule has 2 aromatic rings. The number of methoxy groups -OCH3 is 1. The first-order valence-electron chi connectivity index (χ1n) is 9.44. The minimum atomic E-state index is -0.926. The fourth-order valence-corrected chi connectivity index (χ4v) is 3.10. The number of nitro benzene ring substituents is 1. The Morgan fingerprint density at radius 3 is 2.31 bits per heavy atom. The Bertz CT molecular complexity index is 1100. The van der Waals surface area contributed by atoms with Gasteiger partial charge in [0.1, 0.15) is 12.2 Å². The molecule has 3 rings (SSSR count). The van der Waals surface area contributed by atoms with Crippen molar-refractivity contribution in [1.82, 2.24) is 4.90 Å². The number of amides is 2. The number of rotatable bonds is 9. The average molecular weight is 438 g/mol. The number of hydrogen-bond acceptors (Lipinski definition) is 8. The molecule has 1 aliphatic rings. The number of non-ortho nitro benzene ring substituents is 1. The van der Waals surface area contributed by atoms with E-state index in [1.807, 2.05) is 0 Å². The van der Waals surface area contributed by atoms with Crippen LogP contribution in [0.4, 0.5) is 5.69 Å². The molecule has 0 unspecified atom stereocenters. The maximum Gasteiger partial charge on any atom is 0.341 e. The number of carbonyl (C=O) groups excluding carboxylic acids is 4. The third-order valence-corrected chi connectivity index (χ3v) is 4.67. The van der Waals surface area contributed by atoms with Crippen LogP contribution in [-0.2, 0) is 19.1 Å². The van der Waals surface area contributed by atoms with Crippen molar-refractivity contribution in [3.63, 3.8) is 0 Å². The molecule has 0 radical (unpaired) electrons. The largest absolute Gasteiger partial charge is 0.465 e. The number of Topliss-reactive ketones (excluding diaryl/α,β-unsaturated/α-hetero) is 1. The molecular formula is C22H18N2O8.